The van der Waals surface area contributed by atoms with Gasteiger partial charge in [0.05, 0.1) is 7.11 Å². The van der Waals surface area contributed by atoms with Crippen molar-refractivity contribution in [1.29, 1.82) is 0 Å². The van der Waals surface area contributed by atoms with Crippen LogP contribution in [0, 0.1) is 0 Å². The SMILES string of the molecule is CON1CCC2(CC1)NC(=O)C(c1c(Cl)cccc1Cl)C2=O. The Morgan fingerprint density at radius 3 is 2.36 bits per heavy atom. The summed E-state index contributed by atoms with van der Waals surface area (Å²) < 4.78 is 0. The highest BCUT2D eigenvalue weighted by atomic mass is 35.5. The van der Waals surface area contributed by atoms with E-state index in [9.17, 15) is 9.59 Å². The van der Waals surface area contributed by atoms with Crippen molar-refractivity contribution in [3.05, 3.63) is 33.8 Å². The Bertz CT molecular complexity index is 607. The van der Waals surface area contributed by atoms with Gasteiger partial charge in [0, 0.05) is 28.7 Å². The smallest absolute Gasteiger partial charge is 0.236 e. The summed E-state index contributed by atoms with van der Waals surface area (Å²) in [6.45, 7) is 1.18. The van der Waals surface area contributed by atoms with E-state index in [4.69, 9.17) is 28.0 Å². The van der Waals surface area contributed by atoms with Crippen molar-refractivity contribution in [2.45, 2.75) is 24.3 Å². The molecule has 2 heterocycles. The van der Waals surface area contributed by atoms with E-state index >= 15 is 0 Å². The van der Waals surface area contributed by atoms with Crippen LogP contribution in [0.5, 0.6) is 0 Å². The quantitative estimate of drug-likeness (QED) is 0.837. The number of rotatable bonds is 2. The first kappa shape index (κ1) is 15.7. The maximum absolute atomic E-state index is 12.9. The molecule has 1 unspecified atom stereocenters. The Balaban J connectivity index is 1.93. The van der Waals surface area contributed by atoms with Crippen LogP contribution in [0.1, 0.15) is 24.3 Å². The second-order valence-electron chi connectivity index (χ2n) is 5.62. The Labute approximate surface area is 138 Å². The van der Waals surface area contributed by atoms with Crippen LogP contribution < -0.4 is 5.32 Å². The van der Waals surface area contributed by atoms with E-state index in [1.807, 2.05) is 0 Å². The Morgan fingerprint density at radius 1 is 1.23 bits per heavy atom. The normalized spacial score (nSPS) is 24.8. The molecule has 0 saturated carbocycles. The summed E-state index contributed by atoms with van der Waals surface area (Å²) in [6, 6.07) is 4.97. The number of carbonyl (C=O) groups is 2. The second-order valence-corrected chi connectivity index (χ2v) is 6.43. The van der Waals surface area contributed by atoms with Gasteiger partial charge in [-0.15, -0.1) is 0 Å². The lowest BCUT2D eigenvalue weighted by Gasteiger charge is -2.36. The van der Waals surface area contributed by atoms with Gasteiger partial charge in [-0.2, -0.15) is 5.06 Å². The number of amides is 1. The number of carbonyl (C=O) groups excluding carboxylic acids is 2. The van der Waals surface area contributed by atoms with Crippen molar-refractivity contribution in [1.82, 2.24) is 10.4 Å². The van der Waals surface area contributed by atoms with Crippen LogP contribution in [0.25, 0.3) is 0 Å². The molecule has 1 amide bonds. The van der Waals surface area contributed by atoms with Crippen LogP contribution in [0.4, 0.5) is 0 Å². The third-order valence-corrected chi connectivity index (χ3v) is 5.14. The van der Waals surface area contributed by atoms with Gasteiger partial charge < -0.3 is 10.2 Å². The van der Waals surface area contributed by atoms with Crippen LogP contribution in [0.3, 0.4) is 0 Å². The number of Topliss-reactive ketones (excluding diaryl/α,β-unsaturated/α-hetero) is 1. The van der Waals surface area contributed by atoms with E-state index in [1.165, 1.54) is 0 Å². The third kappa shape index (κ3) is 2.42. The van der Waals surface area contributed by atoms with E-state index in [1.54, 1.807) is 30.4 Å². The maximum atomic E-state index is 12.9. The fourth-order valence-electron chi connectivity index (χ4n) is 3.24. The van der Waals surface area contributed by atoms with Gasteiger partial charge in [0.1, 0.15) is 11.5 Å². The van der Waals surface area contributed by atoms with Crippen molar-refractivity contribution in [2.24, 2.45) is 0 Å². The van der Waals surface area contributed by atoms with Gasteiger partial charge in [0.25, 0.3) is 0 Å². The topological polar surface area (TPSA) is 58.6 Å². The summed E-state index contributed by atoms with van der Waals surface area (Å²) >= 11 is 12.3. The lowest BCUT2D eigenvalue weighted by molar-refractivity contribution is -0.156. The number of piperidine rings is 1. The molecule has 1 aromatic rings. The van der Waals surface area contributed by atoms with Crippen molar-refractivity contribution in [2.75, 3.05) is 20.2 Å². The molecule has 0 bridgehead atoms. The number of ketones is 1. The number of halogens is 2. The first-order valence-corrected chi connectivity index (χ1v) is 7.83. The first-order chi connectivity index (χ1) is 10.5. The largest absolute Gasteiger partial charge is 0.343 e. The van der Waals surface area contributed by atoms with Crippen LogP contribution in [-0.2, 0) is 14.4 Å². The minimum absolute atomic E-state index is 0.150. The van der Waals surface area contributed by atoms with Gasteiger partial charge in [-0.1, -0.05) is 29.3 Å². The van der Waals surface area contributed by atoms with Crippen molar-refractivity contribution in [3.63, 3.8) is 0 Å². The van der Waals surface area contributed by atoms with Crippen LogP contribution >= 0.6 is 23.2 Å². The van der Waals surface area contributed by atoms with Crippen molar-refractivity contribution < 1.29 is 14.4 Å². The zero-order chi connectivity index (χ0) is 15.9. The van der Waals surface area contributed by atoms with Gasteiger partial charge in [0.15, 0.2) is 5.78 Å². The van der Waals surface area contributed by atoms with Gasteiger partial charge in [-0.05, 0) is 25.0 Å². The lowest BCUT2D eigenvalue weighted by Crippen LogP contribution is -2.54. The minimum Gasteiger partial charge on any atom is -0.343 e. The Morgan fingerprint density at radius 2 is 1.82 bits per heavy atom. The highest BCUT2D eigenvalue weighted by molar-refractivity contribution is 6.37. The minimum atomic E-state index is -0.935. The maximum Gasteiger partial charge on any atom is 0.236 e. The molecule has 2 saturated heterocycles. The van der Waals surface area contributed by atoms with Crippen LogP contribution in [0.2, 0.25) is 10.0 Å². The summed E-state index contributed by atoms with van der Waals surface area (Å²) in [6.07, 6.45) is 1.04. The molecule has 2 aliphatic rings. The summed E-state index contributed by atoms with van der Waals surface area (Å²) in [4.78, 5) is 30.5. The summed E-state index contributed by atoms with van der Waals surface area (Å²) in [5.74, 6) is -1.41. The fourth-order valence-corrected chi connectivity index (χ4v) is 3.85. The Hall–Kier alpha value is -1.14. The monoisotopic (exact) mass is 342 g/mol. The molecular weight excluding hydrogens is 327 g/mol. The van der Waals surface area contributed by atoms with E-state index in [2.05, 4.69) is 5.32 Å². The number of benzene rings is 1. The third-order valence-electron chi connectivity index (χ3n) is 4.48. The van der Waals surface area contributed by atoms with E-state index in [0.29, 0.717) is 41.5 Å². The molecule has 22 heavy (non-hydrogen) atoms. The summed E-state index contributed by atoms with van der Waals surface area (Å²) in [5, 5.41) is 5.34. The second kappa shape index (κ2) is 5.81. The number of hydrogen-bond acceptors (Lipinski definition) is 4. The predicted octanol–water partition coefficient (Wildman–Crippen LogP) is 2.17. The highest BCUT2D eigenvalue weighted by Crippen LogP contribution is 2.41. The number of nitrogens with one attached hydrogen (secondary N) is 1. The van der Waals surface area contributed by atoms with E-state index in [-0.39, 0.29) is 11.7 Å². The molecule has 1 N–H and O–H groups in total. The molecule has 3 rings (SSSR count). The average molecular weight is 343 g/mol. The molecule has 0 aromatic heterocycles. The molecule has 5 nitrogen and oxygen atoms in total. The molecule has 1 aromatic carbocycles. The molecule has 1 atom stereocenters. The number of hydroxylamine groups is 2. The van der Waals surface area contributed by atoms with Crippen molar-refractivity contribution in [3.8, 4) is 0 Å². The molecule has 7 heteroatoms. The zero-order valence-electron chi connectivity index (χ0n) is 12.1. The van der Waals surface area contributed by atoms with E-state index < -0.39 is 11.5 Å². The molecule has 0 radical (unpaired) electrons. The molecule has 2 fully saturated rings. The lowest BCUT2D eigenvalue weighted by atomic mass is 9.81. The predicted molar refractivity (Wildman–Crippen MR) is 82.9 cm³/mol. The number of hydrogen-bond donors (Lipinski definition) is 1. The molecule has 2 aliphatic heterocycles. The van der Waals surface area contributed by atoms with Crippen LogP contribution in [0.15, 0.2) is 18.2 Å². The van der Waals surface area contributed by atoms with Crippen LogP contribution in [-0.4, -0.2) is 42.5 Å². The van der Waals surface area contributed by atoms with Gasteiger partial charge in [0.2, 0.25) is 5.91 Å². The average Bonchev–Trinajstić information content (AvgIpc) is 2.72. The first-order valence-electron chi connectivity index (χ1n) is 7.08. The molecule has 0 aliphatic carbocycles. The van der Waals surface area contributed by atoms with Gasteiger partial charge >= 0.3 is 0 Å². The fraction of sp³-hybridized carbons (Fsp3) is 0.467. The van der Waals surface area contributed by atoms with Gasteiger partial charge in [-0.3, -0.25) is 9.59 Å². The molecule has 118 valence electrons. The number of nitrogens with zero attached hydrogens (tertiary/aromatic N) is 1. The Kier molecular flexibility index (Phi) is 4.16. The summed E-state index contributed by atoms with van der Waals surface area (Å²) in [5.41, 5.74) is -0.432. The van der Waals surface area contributed by atoms with Gasteiger partial charge in [-0.25, -0.2) is 0 Å². The van der Waals surface area contributed by atoms with E-state index in [0.717, 1.165) is 0 Å². The zero-order valence-corrected chi connectivity index (χ0v) is 13.6. The van der Waals surface area contributed by atoms with Crippen molar-refractivity contribution >= 4 is 34.9 Å². The standard InChI is InChI=1S/C15H16Cl2N2O3/c1-22-19-7-5-15(6-8-19)13(20)12(14(21)18-15)11-9(16)3-2-4-10(11)17/h2-4,12H,5-8H2,1H3,(H,18,21). The highest BCUT2D eigenvalue weighted by Gasteiger charge is 2.54. The summed E-state index contributed by atoms with van der Waals surface area (Å²) in [7, 11) is 1.60. The molecular formula is C15H16Cl2N2O3. The molecule has 1 spiro atoms.